The molecule has 6 rings (SSSR count). The first-order valence-electron chi connectivity index (χ1n) is 13.0. The molecule has 2 aromatic heterocycles. The van der Waals surface area contributed by atoms with Crippen LogP contribution in [-0.4, -0.2) is 38.9 Å². The number of carbonyl (C=O) groups excluding carboxylic acids is 1. The summed E-state index contributed by atoms with van der Waals surface area (Å²) in [6, 6.07) is 12.7. The predicted molar refractivity (Wildman–Crippen MR) is 156 cm³/mol. The zero-order chi connectivity index (χ0) is 28.0. The second kappa shape index (κ2) is 10.5. The molecule has 0 unspecified atom stereocenters. The number of nitrogens with zero attached hydrogens (tertiary/aromatic N) is 5. The van der Waals surface area contributed by atoms with E-state index in [-0.39, 0.29) is 12.3 Å². The number of aryl methyl sites for hydroxylation is 2. The van der Waals surface area contributed by atoms with Gasteiger partial charge in [0.25, 0.3) is 5.90 Å². The van der Waals surface area contributed by atoms with E-state index in [4.69, 9.17) is 26.2 Å². The third-order valence-electron chi connectivity index (χ3n) is 7.00. The van der Waals surface area contributed by atoms with Gasteiger partial charge in [-0.3, -0.25) is 14.4 Å². The topological polar surface area (TPSA) is 103 Å². The highest BCUT2D eigenvalue weighted by Gasteiger charge is 2.32. The molecule has 0 saturated carbocycles. The molecule has 2 aliphatic heterocycles. The van der Waals surface area contributed by atoms with E-state index in [0.717, 1.165) is 44.4 Å². The van der Waals surface area contributed by atoms with Crippen LogP contribution in [0.4, 0.5) is 5.69 Å². The Bertz CT molecular complexity index is 1690. The van der Waals surface area contributed by atoms with Crippen molar-refractivity contribution in [2.45, 2.75) is 46.8 Å². The molecule has 1 amide bonds. The van der Waals surface area contributed by atoms with E-state index in [1.165, 1.54) is 4.88 Å². The Labute approximate surface area is 240 Å². The quantitative estimate of drug-likeness (QED) is 0.282. The molecule has 4 heterocycles. The molecule has 9 nitrogen and oxygen atoms in total. The number of hydrogen-bond donors (Lipinski definition) is 1. The maximum atomic E-state index is 13.4. The second-order valence-electron chi connectivity index (χ2n) is 9.63. The third kappa shape index (κ3) is 4.67. The minimum atomic E-state index is -0.547. The van der Waals surface area contributed by atoms with Crippen LogP contribution in [-0.2, 0) is 21.0 Å². The molecule has 204 valence electrons. The van der Waals surface area contributed by atoms with Gasteiger partial charge in [0.15, 0.2) is 5.82 Å². The Kier molecular flexibility index (Phi) is 6.89. The van der Waals surface area contributed by atoms with Gasteiger partial charge in [0, 0.05) is 37.8 Å². The lowest BCUT2D eigenvalue weighted by molar-refractivity contribution is -0.116. The monoisotopic (exact) mass is 574 g/mol. The average Bonchev–Trinajstić information content (AvgIpc) is 3.58. The third-order valence-corrected chi connectivity index (χ3v) is 8.44. The zero-order valence-electron chi connectivity index (χ0n) is 22.5. The van der Waals surface area contributed by atoms with E-state index in [2.05, 4.69) is 34.5 Å². The molecule has 40 heavy (non-hydrogen) atoms. The van der Waals surface area contributed by atoms with Crippen molar-refractivity contribution < 1.29 is 14.4 Å². The van der Waals surface area contributed by atoms with Gasteiger partial charge in [-0.25, -0.2) is 0 Å². The van der Waals surface area contributed by atoms with Crippen LogP contribution in [0.3, 0.4) is 0 Å². The maximum absolute atomic E-state index is 13.4. The molecule has 1 N–H and O–H groups in total. The molecule has 4 aromatic rings. The Balaban J connectivity index is 1.34. The van der Waals surface area contributed by atoms with Gasteiger partial charge >= 0.3 is 0 Å². The standard InChI is InChI=1S/C29H27ClN6O3S/c1-5-39-35-28-22-11-10-21(12-19(22)14-38-28)31-24(37)13-23-27-34-33-17(4)36(27)29-25(15(2)16(3)40-29)26(32-23)18-6-8-20(30)9-7-18/h6-12,23H,5,13-14H2,1-4H3,(H,31,37)/b35-28+/t23-/m0/s1. The normalized spacial score (nSPS) is 16.5. The molecular weight excluding hydrogens is 548 g/mol. The highest BCUT2D eigenvalue weighted by molar-refractivity contribution is 7.15. The molecule has 0 fully saturated rings. The fourth-order valence-electron chi connectivity index (χ4n) is 4.94. The van der Waals surface area contributed by atoms with E-state index >= 15 is 0 Å². The van der Waals surface area contributed by atoms with Gasteiger partial charge in [-0.2, -0.15) is 0 Å². The number of nitrogens with one attached hydrogen (secondary N) is 1. The Morgan fingerprint density at radius 3 is 2.77 bits per heavy atom. The van der Waals surface area contributed by atoms with Crippen LogP contribution in [0.2, 0.25) is 5.02 Å². The second-order valence-corrected chi connectivity index (χ2v) is 11.3. The number of benzene rings is 2. The molecule has 0 radical (unpaired) electrons. The van der Waals surface area contributed by atoms with Crippen LogP contribution in [0.5, 0.6) is 0 Å². The van der Waals surface area contributed by atoms with Gasteiger partial charge in [0.2, 0.25) is 5.91 Å². The summed E-state index contributed by atoms with van der Waals surface area (Å²) in [5.41, 5.74) is 6.37. The molecule has 1 atom stereocenters. The predicted octanol–water partition coefficient (Wildman–Crippen LogP) is 6.06. The molecule has 0 spiro atoms. The summed E-state index contributed by atoms with van der Waals surface area (Å²) in [5, 5.41) is 17.5. The fraction of sp³-hybridized carbons (Fsp3) is 0.276. The summed E-state index contributed by atoms with van der Waals surface area (Å²) >= 11 is 7.88. The van der Waals surface area contributed by atoms with E-state index < -0.39 is 6.04 Å². The van der Waals surface area contributed by atoms with Crippen LogP contribution in [0.25, 0.3) is 5.00 Å². The molecule has 0 saturated heterocycles. The van der Waals surface area contributed by atoms with Crippen molar-refractivity contribution in [3.8, 4) is 5.00 Å². The summed E-state index contributed by atoms with van der Waals surface area (Å²) in [5.74, 6) is 1.65. The van der Waals surface area contributed by atoms with E-state index in [9.17, 15) is 4.79 Å². The van der Waals surface area contributed by atoms with E-state index in [0.29, 0.717) is 35.6 Å². The molecule has 0 bridgehead atoms. The molecule has 2 aromatic carbocycles. The minimum Gasteiger partial charge on any atom is -0.470 e. The lowest BCUT2D eigenvalue weighted by Gasteiger charge is -2.13. The van der Waals surface area contributed by atoms with Gasteiger partial charge in [-0.05, 0) is 68.7 Å². The van der Waals surface area contributed by atoms with E-state index in [1.54, 1.807) is 11.3 Å². The first-order valence-corrected chi connectivity index (χ1v) is 14.2. The lowest BCUT2D eigenvalue weighted by Crippen LogP contribution is -2.17. The number of carbonyl (C=O) groups is 1. The van der Waals surface area contributed by atoms with Crippen molar-refractivity contribution in [2.75, 3.05) is 11.9 Å². The van der Waals surface area contributed by atoms with Crippen molar-refractivity contribution in [1.82, 2.24) is 14.8 Å². The van der Waals surface area contributed by atoms with Crippen LogP contribution < -0.4 is 5.32 Å². The number of ether oxygens (including phenoxy) is 1. The highest BCUT2D eigenvalue weighted by Crippen LogP contribution is 2.39. The number of halogens is 1. The van der Waals surface area contributed by atoms with Gasteiger partial charge in [-0.1, -0.05) is 23.7 Å². The van der Waals surface area contributed by atoms with Gasteiger partial charge in [0.1, 0.15) is 30.1 Å². The average molecular weight is 575 g/mol. The number of rotatable bonds is 6. The van der Waals surface area contributed by atoms with Crippen LogP contribution >= 0.6 is 22.9 Å². The van der Waals surface area contributed by atoms with Crippen LogP contribution in [0.1, 0.15) is 63.7 Å². The highest BCUT2D eigenvalue weighted by atomic mass is 35.5. The lowest BCUT2D eigenvalue weighted by atomic mass is 9.99. The van der Waals surface area contributed by atoms with Gasteiger partial charge < -0.3 is 14.9 Å². The number of fused-ring (bicyclic) bond motifs is 4. The Morgan fingerprint density at radius 2 is 2.00 bits per heavy atom. The Morgan fingerprint density at radius 1 is 1.20 bits per heavy atom. The first-order chi connectivity index (χ1) is 19.3. The zero-order valence-corrected chi connectivity index (χ0v) is 24.1. The molecule has 2 aliphatic rings. The van der Waals surface area contributed by atoms with Crippen molar-refractivity contribution in [3.63, 3.8) is 0 Å². The first kappa shape index (κ1) is 26.2. The van der Waals surface area contributed by atoms with Crippen LogP contribution in [0, 0.1) is 20.8 Å². The Hall–Kier alpha value is -4.02. The molecular formula is C29H27ClN6O3S. The van der Waals surface area contributed by atoms with Crippen molar-refractivity contribution in [3.05, 3.63) is 91.8 Å². The number of thiophene rings is 1. The van der Waals surface area contributed by atoms with Gasteiger partial charge in [0.05, 0.1) is 12.1 Å². The number of hydrogen-bond acceptors (Lipinski definition) is 8. The largest absolute Gasteiger partial charge is 0.470 e. The van der Waals surface area contributed by atoms with E-state index in [1.807, 2.05) is 60.9 Å². The number of oxime groups is 1. The minimum absolute atomic E-state index is 0.0901. The summed E-state index contributed by atoms with van der Waals surface area (Å²) < 4.78 is 7.67. The molecule has 0 aliphatic carbocycles. The number of aliphatic imine (C=N–C) groups is 1. The summed E-state index contributed by atoms with van der Waals surface area (Å²) in [7, 11) is 0. The molecule has 11 heteroatoms. The number of anilines is 1. The smallest absolute Gasteiger partial charge is 0.258 e. The van der Waals surface area contributed by atoms with Gasteiger partial charge in [-0.15, -0.1) is 21.5 Å². The summed E-state index contributed by atoms with van der Waals surface area (Å²) in [4.78, 5) is 24.9. The van der Waals surface area contributed by atoms with Crippen molar-refractivity contribution >= 4 is 46.1 Å². The maximum Gasteiger partial charge on any atom is 0.258 e. The van der Waals surface area contributed by atoms with Crippen molar-refractivity contribution in [2.24, 2.45) is 10.1 Å². The van der Waals surface area contributed by atoms with Crippen molar-refractivity contribution in [1.29, 1.82) is 0 Å². The SMILES string of the molecule is CCO/N=C1/OCc2cc(NC(=O)C[C@@H]3N=C(c4ccc(Cl)cc4)c4c(sc(C)c4C)-n4c(C)nnc43)ccc21. The van der Waals surface area contributed by atoms with Crippen LogP contribution in [0.15, 0.2) is 52.6 Å². The number of amides is 1. The summed E-state index contributed by atoms with van der Waals surface area (Å²) in [6.07, 6.45) is 0.0901. The number of aromatic nitrogens is 3. The fourth-order valence-corrected chi connectivity index (χ4v) is 6.28. The summed E-state index contributed by atoms with van der Waals surface area (Å²) in [6.45, 7) is 8.81.